The molecule has 2 rings (SSSR count). The first-order chi connectivity index (χ1) is 8.60. The summed E-state index contributed by atoms with van der Waals surface area (Å²) in [6, 6.07) is 0.279. The topological polar surface area (TPSA) is 77.8 Å². The third-order valence-electron chi connectivity index (χ3n) is 2.32. The van der Waals surface area contributed by atoms with Gasteiger partial charge in [0.05, 0.1) is 5.56 Å². The molecule has 0 bridgehead atoms. The van der Waals surface area contributed by atoms with Crippen molar-refractivity contribution in [1.29, 1.82) is 0 Å². The standard InChI is InChI=1S/C11H16N6O/c1-5-12-9-7(2)10(15-8(3)14-9)18-11-13-6-17(4)16-11/h6H,5H2,1-4H3,(H,12,14,15). The molecule has 96 valence electrons. The molecule has 0 amide bonds. The zero-order valence-corrected chi connectivity index (χ0v) is 10.9. The number of aryl methyl sites for hydroxylation is 2. The van der Waals surface area contributed by atoms with Gasteiger partial charge in [-0.1, -0.05) is 0 Å². The Balaban J connectivity index is 2.32. The van der Waals surface area contributed by atoms with Crippen LogP contribution in [-0.4, -0.2) is 31.3 Å². The Labute approximate surface area is 105 Å². The molecule has 0 aliphatic carbocycles. The van der Waals surface area contributed by atoms with E-state index in [1.165, 1.54) is 0 Å². The van der Waals surface area contributed by atoms with Gasteiger partial charge in [0.25, 0.3) is 0 Å². The molecule has 2 aromatic heterocycles. The maximum Gasteiger partial charge on any atom is 0.342 e. The van der Waals surface area contributed by atoms with Gasteiger partial charge in [0.2, 0.25) is 5.88 Å². The van der Waals surface area contributed by atoms with E-state index < -0.39 is 0 Å². The highest BCUT2D eigenvalue weighted by atomic mass is 16.5. The number of anilines is 1. The number of hydrogen-bond acceptors (Lipinski definition) is 6. The molecule has 18 heavy (non-hydrogen) atoms. The van der Waals surface area contributed by atoms with Crippen LogP contribution in [0.1, 0.15) is 18.3 Å². The molecule has 0 aliphatic rings. The first kappa shape index (κ1) is 12.3. The van der Waals surface area contributed by atoms with E-state index in [-0.39, 0.29) is 6.01 Å². The second-order valence-electron chi connectivity index (χ2n) is 3.88. The highest BCUT2D eigenvalue weighted by Crippen LogP contribution is 2.24. The van der Waals surface area contributed by atoms with E-state index in [4.69, 9.17) is 4.74 Å². The highest BCUT2D eigenvalue weighted by Gasteiger charge is 2.12. The number of ether oxygens (including phenoxy) is 1. The molecule has 2 heterocycles. The van der Waals surface area contributed by atoms with E-state index in [0.717, 1.165) is 17.9 Å². The van der Waals surface area contributed by atoms with Crippen LogP contribution >= 0.6 is 0 Å². The minimum atomic E-state index is 0.279. The van der Waals surface area contributed by atoms with Crippen molar-refractivity contribution in [3.63, 3.8) is 0 Å². The van der Waals surface area contributed by atoms with Crippen LogP contribution in [0.3, 0.4) is 0 Å². The maximum absolute atomic E-state index is 5.56. The molecule has 1 N–H and O–H groups in total. The van der Waals surface area contributed by atoms with Gasteiger partial charge in [-0.2, -0.15) is 9.97 Å². The van der Waals surface area contributed by atoms with Crippen LogP contribution < -0.4 is 10.1 Å². The van der Waals surface area contributed by atoms with Crippen molar-refractivity contribution in [2.75, 3.05) is 11.9 Å². The average molecular weight is 248 g/mol. The number of nitrogens with zero attached hydrogens (tertiary/aromatic N) is 5. The Morgan fingerprint density at radius 1 is 1.33 bits per heavy atom. The zero-order valence-electron chi connectivity index (χ0n) is 10.9. The summed E-state index contributed by atoms with van der Waals surface area (Å²) >= 11 is 0. The van der Waals surface area contributed by atoms with Crippen molar-refractivity contribution in [3.8, 4) is 11.9 Å². The lowest BCUT2D eigenvalue weighted by atomic mass is 10.3. The molecule has 2 aromatic rings. The summed E-state index contributed by atoms with van der Waals surface area (Å²) in [5.74, 6) is 1.89. The van der Waals surface area contributed by atoms with Gasteiger partial charge in [0.1, 0.15) is 18.0 Å². The van der Waals surface area contributed by atoms with Crippen molar-refractivity contribution in [2.45, 2.75) is 20.8 Å². The summed E-state index contributed by atoms with van der Waals surface area (Å²) in [5, 5.41) is 7.23. The summed E-state index contributed by atoms with van der Waals surface area (Å²) in [4.78, 5) is 12.6. The Morgan fingerprint density at radius 3 is 2.72 bits per heavy atom. The van der Waals surface area contributed by atoms with Gasteiger partial charge in [0.15, 0.2) is 0 Å². The quantitative estimate of drug-likeness (QED) is 0.882. The maximum atomic E-state index is 5.56. The van der Waals surface area contributed by atoms with Crippen molar-refractivity contribution >= 4 is 5.82 Å². The average Bonchev–Trinajstić information content (AvgIpc) is 2.71. The van der Waals surface area contributed by atoms with E-state index in [9.17, 15) is 0 Å². The Kier molecular flexibility index (Phi) is 3.40. The van der Waals surface area contributed by atoms with Gasteiger partial charge in [0, 0.05) is 13.6 Å². The largest absolute Gasteiger partial charge is 0.404 e. The minimum absolute atomic E-state index is 0.279. The van der Waals surface area contributed by atoms with Gasteiger partial charge >= 0.3 is 6.01 Å². The molecule has 0 spiro atoms. The molecule has 0 aliphatic heterocycles. The fourth-order valence-corrected chi connectivity index (χ4v) is 1.49. The van der Waals surface area contributed by atoms with Gasteiger partial charge < -0.3 is 10.1 Å². The van der Waals surface area contributed by atoms with E-state index in [0.29, 0.717) is 11.7 Å². The minimum Gasteiger partial charge on any atom is -0.404 e. The first-order valence-corrected chi connectivity index (χ1v) is 5.72. The lowest BCUT2D eigenvalue weighted by Gasteiger charge is -2.10. The Bertz CT molecular complexity index is 550. The van der Waals surface area contributed by atoms with Crippen LogP contribution in [0.2, 0.25) is 0 Å². The van der Waals surface area contributed by atoms with E-state index in [2.05, 4.69) is 25.4 Å². The van der Waals surface area contributed by atoms with Crippen LogP contribution in [0, 0.1) is 13.8 Å². The molecular weight excluding hydrogens is 232 g/mol. The predicted molar refractivity (Wildman–Crippen MR) is 66.7 cm³/mol. The predicted octanol–water partition coefficient (Wildman–Crippen LogP) is 1.45. The molecule has 0 radical (unpaired) electrons. The summed E-state index contributed by atoms with van der Waals surface area (Å²) in [5.41, 5.74) is 0.843. The molecule has 0 fully saturated rings. The molecule has 0 saturated carbocycles. The summed E-state index contributed by atoms with van der Waals surface area (Å²) in [7, 11) is 1.78. The number of aromatic nitrogens is 5. The van der Waals surface area contributed by atoms with E-state index >= 15 is 0 Å². The number of nitrogens with one attached hydrogen (secondary N) is 1. The van der Waals surface area contributed by atoms with Gasteiger partial charge in [-0.25, -0.2) is 4.98 Å². The van der Waals surface area contributed by atoms with Crippen molar-refractivity contribution in [1.82, 2.24) is 24.7 Å². The SMILES string of the molecule is CCNc1nc(C)nc(Oc2ncn(C)n2)c1C. The Hall–Kier alpha value is -2.18. The monoisotopic (exact) mass is 248 g/mol. The fraction of sp³-hybridized carbons (Fsp3) is 0.455. The summed E-state index contributed by atoms with van der Waals surface area (Å²) < 4.78 is 7.14. The fourth-order valence-electron chi connectivity index (χ4n) is 1.49. The van der Waals surface area contributed by atoms with Crippen LogP contribution in [-0.2, 0) is 7.05 Å². The second kappa shape index (κ2) is 4.99. The van der Waals surface area contributed by atoms with Crippen LogP contribution in [0.25, 0.3) is 0 Å². The first-order valence-electron chi connectivity index (χ1n) is 5.72. The van der Waals surface area contributed by atoms with E-state index in [1.807, 2.05) is 20.8 Å². The van der Waals surface area contributed by atoms with Crippen LogP contribution in [0.5, 0.6) is 11.9 Å². The number of rotatable bonds is 4. The van der Waals surface area contributed by atoms with Crippen molar-refractivity contribution in [2.24, 2.45) is 7.05 Å². The van der Waals surface area contributed by atoms with Crippen molar-refractivity contribution in [3.05, 3.63) is 17.7 Å². The number of hydrogen-bond donors (Lipinski definition) is 1. The lowest BCUT2D eigenvalue weighted by molar-refractivity contribution is 0.417. The summed E-state index contributed by atoms with van der Waals surface area (Å²) in [6.45, 7) is 6.52. The van der Waals surface area contributed by atoms with Crippen LogP contribution in [0.15, 0.2) is 6.33 Å². The summed E-state index contributed by atoms with van der Waals surface area (Å²) in [6.07, 6.45) is 1.57. The molecule has 7 nitrogen and oxygen atoms in total. The van der Waals surface area contributed by atoms with Gasteiger partial charge in [-0.15, -0.1) is 5.10 Å². The van der Waals surface area contributed by atoms with Crippen molar-refractivity contribution < 1.29 is 4.74 Å². The molecule has 7 heteroatoms. The molecule has 0 atom stereocenters. The van der Waals surface area contributed by atoms with E-state index in [1.54, 1.807) is 18.1 Å². The smallest absolute Gasteiger partial charge is 0.342 e. The Morgan fingerprint density at radius 2 is 2.11 bits per heavy atom. The van der Waals surface area contributed by atoms with Crippen LogP contribution in [0.4, 0.5) is 5.82 Å². The zero-order chi connectivity index (χ0) is 13.1. The third kappa shape index (κ3) is 2.55. The highest BCUT2D eigenvalue weighted by molar-refractivity contribution is 5.48. The second-order valence-corrected chi connectivity index (χ2v) is 3.88. The van der Waals surface area contributed by atoms with Gasteiger partial charge in [-0.3, -0.25) is 4.68 Å². The normalized spacial score (nSPS) is 10.4. The lowest BCUT2D eigenvalue weighted by Crippen LogP contribution is -2.06. The van der Waals surface area contributed by atoms with Gasteiger partial charge in [-0.05, 0) is 20.8 Å². The third-order valence-corrected chi connectivity index (χ3v) is 2.32. The molecular formula is C11H16N6O. The molecule has 0 unspecified atom stereocenters. The molecule has 0 saturated heterocycles. The molecule has 0 aromatic carbocycles.